The number of carbonyl (C=O) groups excluding carboxylic acids is 1. The van der Waals surface area contributed by atoms with Crippen molar-refractivity contribution in [3.63, 3.8) is 0 Å². The monoisotopic (exact) mass is 368 g/mol. The molecule has 2 aromatic rings. The predicted molar refractivity (Wildman–Crippen MR) is 106 cm³/mol. The summed E-state index contributed by atoms with van der Waals surface area (Å²) < 4.78 is 10.7. The smallest absolute Gasteiger partial charge is 0.234 e. The number of hydrogen-bond acceptors (Lipinski definition) is 4. The molecule has 1 unspecified atom stereocenters. The van der Waals surface area contributed by atoms with Gasteiger partial charge in [-0.2, -0.15) is 0 Å². The molecule has 0 aliphatic carbocycles. The summed E-state index contributed by atoms with van der Waals surface area (Å²) in [4.78, 5) is 14.7. The lowest BCUT2D eigenvalue weighted by atomic mass is 10.0. The van der Waals surface area contributed by atoms with Gasteiger partial charge in [-0.1, -0.05) is 24.3 Å². The molecule has 1 amide bonds. The molecule has 1 saturated heterocycles. The SMILES string of the molecule is CCOc1cccc(CNC(=O)CN2CCCC2c2ccc(OC)cc2)c1. The first kappa shape index (κ1) is 19.2. The summed E-state index contributed by atoms with van der Waals surface area (Å²) in [5.74, 6) is 1.75. The quantitative estimate of drug-likeness (QED) is 0.774. The van der Waals surface area contributed by atoms with Crippen LogP contribution < -0.4 is 14.8 Å². The van der Waals surface area contributed by atoms with Crippen LogP contribution in [-0.2, 0) is 11.3 Å². The van der Waals surface area contributed by atoms with Crippen molar-refractivity contribution in [2.24, 2.45) is 0 Å². The topological polar surface area (TPSA) is 50.8 Å². The van der Waals surface area contributed by atoms with Gasteiger partial charge in [0.25, 0.3) is 0 Å². The molecule has 27 heavy (non-hydrogen) atoms. The Morgan fingerprint density at radius 3 is 2.74 bits per heavy atom. The summed E-state index contributed by atoms with van der Waals surface area (Å²) in [5.41, 5.74) is 2.29. The Bertz CT molecular complexity index is 745. The van der Waals surface area contributed by atoms with Gasteiger partial charge in [-0.15, -0.1) is 0 Å². The molecule has 0 spiro atoms. The first-order valence-electron chi connectivity index (χ1n) is 9.56. The summed E-state index contributed by atoms with van der Waals surface area (Å²) >= 11 is 0. The third-order valence-electron chi connectivity index (χ3n) is 4.91. The van der Waals surface area contributed by atoms with Gasteiger partial charge in [-0.25, -0.2) is 0 Å². The number of rotatable bonds is 8. The molecule has 2 aromatic carbocycles. The minimum atomic E-state index is 0.0530. The van der Waals surface area contributed by atoms with Gasteiger partial charge in [-0.05, 0) is 61.7 Å². The minimum Gasteiger partial charge on any atom is -0.497 e. The lowest BCUT2D eigenvalue weighted by Gasteiger charge is -2.24. The van der Waals surface area contributed by atoms with E-state index >= 15 is 0 Å². The van der Waals surface area contributed by atoms with Crippen LogP contribution in [0.25, 0.3) is 0 Å². The van der Waals surface area contributed by atoms with E-state index in [2.05, 4.69) is 22.3 Å². The van der Waals surface area contributed by atoms with Crippen molar-refractivity contribution in [1.82, 2.24) is 10.2 Å². The van der Waals surface area contributed by atoms with Gasteiger partial charge in [0.15, 0.2) is 0 Å². The Kier molecular flexibility index (Phi) is 6.71. The number of carbonyl (C=O) groups is 1. The van der Waals surface area contributed by atoms with E-state index in [0.717, 1.165) is 36.4 Å². The lowest BCUT2D eigenvalue weighted by molar-refractivity contribution is -0.122. The zero-order chi connectivity index (χ0) is 19.1. The van der Waals surface area contributed by atoms with E-state index in [1.807, 2.05) is 43.3 Å². The van der Waals surface area contributed by atoms with Gasteiger partial charge in [-0.3, -0.25) is 9.69 Å². The highest BCUT2D eigenvalue weighted by atomic mass is 16.5. The average Bonchev–Trinajstić information content (AvgIpc) is 3.15. The number of hydrogen-bond donors (Lipinski definition) is 1. The molecule has 3 rings (SSSR count). The Morgan fingerprint density at radius 1 is 1.19 bits per heavy atom. The van der Waals surface area contributed by atoms with Gasteiger partial charge in [0.1, 0.15) is 11.5 Å². The number of nitrogens with zero attached hydrogens (tertiary/aromatic N) is 1. The molecule has 1 aliphatic rings. The Morgan fingerprint density at radius 2 is 2.00 bits per heavy atom. The summed E-state index contributed by atoms with van der Waals surface area (Å²) in [6, 6.07) is 16.3. The fraction of sp³-hybridized carbons (Fsp3) is 0.409. The fourth-order valence-electron chi connectivity index (χ4n) is 3.57. The molecule has 5 heteroatoms. The van der Waals surface area contributed by atoms with Gasteiger partial charge >= 0.3 is 0 Å². The van der Waals surface area contributed by atoms with Crippen LogP contribution in [0, 0.1) is 0 Å². The molecule has 144 valence electrons. The number of benzene rings is 2. The maximum Gasteiger partial charge on any atom is 0.234 e. The molecular weight excluding hydrogens is 340 g/mol. The van der Waals surface area contributed by atoms with E-state index in [-0.39, 0.29) is 5.91 Å². The maximum atomic E-state index is 12.5. The van der Waals surface area contributed by atoms with Gasteiger partial charge in [0, 0.05) is 12.6 Å². The number of methoxy groups -OCH3 is 1. The van der Waals surface area contributed by atoms with E-state index in [4.69, 9.17) is 9.47 Å². The van der Waals surface area contributed by atoms with Crippen molar-refractivity contribution in [3.8, 4) is 11.5 Å². The van der Waals surface area contributed by atoms with Crippen LogP contribution >= 0.6 is 0 Å². The Labute approximate surface area is 161 Å². The van der Waals surface area contributed by atoms with E-state index in [9.17, 15) is 4.79 Å². The van der Waals surface area contributed by atoms with Crippen LogP contribution in [0.4, 0.5) is 0 Å². The van der Waals surface area contributed by atoms with Crippen molar-refractivity contribution >= 4 is 5.91 Å². The molecule has 5 nitrogen and oxygen atoms in total. The fourth-order valence-corrected chi connectivity index (χ4v) is 3.57. The van der Waals surface area contributed by atoms with E-state index < -0.39 is 0 Å². The predicted octanol–water partition coefficient (Wildman–Crippen LogP) is 3.55. The molecule has 1 heterocycles. The molecule has 1 aliphatic heterocycles. The molecule has 0 saturated carbocycles. The zero-order valence-electron chi connectivity index (χ0n) is 16.1. The first-order chi connectivity index (χ1) is 13.2. The highest BCUT2D eigenvalue weighted by Crippen LogP contribution is 2.32. The van der Waals surface area contributed by atoms with Gasteiger partial charge in [0.2, 0.25) is 5.91 Å². The Balaban J connectivity index is 1.54. The third-order valence-corrected chi connectivity index (χ3v) is 4.91. The minimum absolute atomic E-state index is 0.0530. The summed E-state index contributed by atoms with van der Waals surface area (Å²) in [5, 5.41) is 3.03. The lowest BCUT2D eigenvalue weighted by Crippen LogP contribution is -2.36. The second-order valence-electron chi connectivity index (χ2n) is 6.76. The first-order valence-corrected chi connectivity index (χ1v) is 9.56. The second kappa shape index (κ2) is 9.42. The molecule has 0 radical (unpaired) electrons. The molecule has 0 aromatic heterocycles. The highest BCUT2D eigenvalue weighted by Gasteiger charge is 2.27. The zero-order valence-corrected chi connectivity index (χ0v) is 16.1. The number of amides is 1. The van der Waals surface area contributed by atoms with Crippen molar-refractivity contribution < 1.29 is 14.3 Å². The van der Waals surface area contributed by atoms with Crippen LogP contribution in [0.15, 0.2) is 48.5 Å². The van der Waals surface area contributed by atoms with Crippen LogP contribution in [-0.4, -0.2) is 37.6 Å². The molecule has 1 atom stereocenters. The molecular formula is C22H28N2O3. The number of ether oxygens (including phenoxy) is 2. The van der Waals surface area contributed by atoms with Gasteiger partial charge < -0.3 is 14.8 Å². The van der Waals surface area contributed by atoms with Crippen molar-refractivity contribution in [2.75, 3.05) is 26.8 Å². The largest absolute Gasteiger partial charge is 0.497 e. The molecule has 1 N–H and O–H groups in total. The molecule has 1 fully saturated rings. The highest BCUT2D eigenvalue weighted by molar-refractivity contribution is 5.78. The normalized spacial score (nSPS) is 16.9. The standard InChI is InChI=1S/C22H28N2O3/c1-3-27-20-7-4-6-17(14-20)15-23-22(25)16-24-13-5-8-21(24)18-9-11-19(26-2)12-10-18/h4,6-7,9-12,14,21H,3,5,8,13,15-16H2,1-2H3,(H,23,25). The van der Waals surface area contributed by atoms with E-state index in [0.29, 0.717) is 25.7 Å². The van der Waals surface area contributed by atoms with E-state index in [1.54, 1.807) is 7.11 Å². The maximum absolute atomic E-state index is 12.5. The van der Waals surface area contributed by atoms with Crippen LogP contribution in [0.2, 0.25) is 0 Å². The molecule has 0 bridgehead atoms. The third kappa shape index (κ3) is 5.23. The summed E-state index contributed by atoms with van der Waals surface area (Å²) in [6.07, 6.45) is 2.19. The van der Waals surface area contributed by atoms with Crippen molar-refractivity contribution in [3.05, 3.63) is 59.7 Å². The van der Waals surface area contributed by atoms with Crippen molar-refractivity contribution in [1.29, 1.82) is 0 Å². The number of nitrogens with one attached hydrogen (secondary N) is 1. The summed E-state index contributed by atoms with van der Waals surface area (Å²) in [7, 11) is 1.67. The van der Waals surface area contributed by atoms with Crippen LogP contribution in [0.5, 0.6) is 11.5 Å². The second-order valence-corrected chi connectivity index (χ2v) is 6.76. The summed E-state index contributed by atoms with van der Waals surface area (Å²) in [6.45, 7) is 4.48. The number of likely N-dealkylation sites (tertiary alicyclic amines) is 1. The van der Waals surface area contributed by atoms with E-state index in [1.165, 1.54) is 5.56 Å². The van der Waals surface area contributed by atoms with Crippen molar-refractivity contribution in [2.45, 2.75) is 32.4 Å². The Hall–Kier alpha value is -2.53. The van der Waals surface area contributed by atoms with Crippen LogP contribution in [0.1, 0.15) is 36.9 Å². The van der Waals surface area contributed by atoms with Gasteiger partial charge in [0.05, 0.1) is 20.3 Å². The average molecular weight is 368 g/mol. The van der Waals surface area contributed by atoms with Crippen LogP contribution in [0.3, 0.4) is 0 Å².